The summed E-state index contributed by atoms with van der Waals surface area (Å²) in [5.74, 6) is 1.29. The highest BCUT2D eigenvalue weighted by molar-refractivity contribution is 5.74. The lowest BCUT2D eigenvalue weighted by atomic mass is 9.71. The van der Waals surface area contributed by atoms with Crippen LogP contribution in [0.2, 0.25) is 0 Å². The van der Waals surface area contributed by atoms with E-state index in [2.05, 4.69) is 32.2 Å². The van der Waals surface area contributed by atoms with Crippen LogP contribution in [0.1, 0.15) is 49.0 Å². The number of carbonyl (C=O) groups is 1. The van der Waals surface area contributed by atoms with Gasteiger partial charge in [-0.25, -0.2) is 4.79 Å². The lowest BCUT2D eigenvalue weighted by Gasteiger charge is -2.37. The molecule has 1 N–H and O–H groups in total. The standard InChI is InChI=1S/C22H29N5O2/c28-21(23-11-8-17-4-2-1-3-5-17)26-14-19(22(15-26)9-12-29-13-10-22)20-25-24-16-27(20)18-6-7-18/h1-5,16,18-19H,6-15H2,(H,23,28). The maximum Gasteiger partial charge on any atom is 0.317 e. The van der Waals surface area contributed by atoms with Gasteiger partial charge in [0.1, 0.15) is 12.2 Å². The molecule has 154 valence electrons. The first-order valence-electron chi connectivity index (χ1n) is 10.8. The van der Waals surface area contributed by atoms with E-state index in [0.29, 0.717) is 19.1 Å². The predicted molar refractivity (Wildman–Crippen MR) is 109 cm³/mol. The summed E-state index contributed by atoms with van der Waals surface area (Å²) in [4.78, 5) is 14.9. The number of aromatic nitrogens is 3. The Kier molecular flexibility index (Phi) is 4.99. The Bertz CT molecular complexity index is 842. The van der Waals surface area contributed by atoms with E-state index in [1.807, 2.05) is 29.4 Å². The Hall–Kier alpha value is -2.41. The third-order valence-corrected chi connectivity index (χ3v) is 6.81. The number of hydrogen-bond donors (Lipinski definition) is 1. The zero-order chi connectivity index (χ0) is 19.7. The van der Waals surface area contributed by atoms with E-state index in [1.165, 1.54) is 18.4 Å². The number of nitrogens with one attached hydrogen (secondary N) is 1. The quantitative estimate of drug-likeness (QED) is 0.845. The van der Waals surface area contributed by atoms with Crippen LogP contribution in [0, 0.1) is 5.41 Å². The van der Waals surface area contributed by atoms with Crippen LogP contribution in [-0.4, -0.2) is 58.5 Å². The summed E-state index contributed by atoms with van der Waals surface area (Å²) < 4.78 is 7.92. The van der Waals surface area contributed by atoms with Crippen molar-refractivity contribution in [3.05, 3.63) is 48.0 Å². The fourth-order valence-corrected chi connectivity index (χ4v) is 4.97. The number of nitrogens with zero attached hydrogens (tertiary/aromatic N) is 4. The SMILES string of the molecule is O=C(NCCc1ccccc1)N1CC(c2nncn2C2CC2)C2(CCOCC2)C1. The van der Waals surface area contributed by atoms with Crippen LogP contribution in [0.3, 0.4) is 0 Å². The molecule has 7 nitrogen and oxygen atoms in total. The average Bonchev–Trinajstić information content (AvgIpc) is 3.38. The topological polar surface area (TPSA) is 72.3 Å². The maximum absolute atomic E-state index is 12.9. The normalized spacial score (nSPS) is 23.4. The van der Waals surface area contributed by atoms with E-state index in [4.69, 9.17) is 4.74 Å². The Morgan fingerprint density at radius 1 is 1.21 bits per heavy atom. The molecule has 3 fully saturated rings. The summed E-state index contributed by atoms with van der Waals surface area (Å²) >= 11 is 0. The van der Waals surface area contributed by atoms with Crippen LogP contribution in [-0.2, 0) is 11.2 Å². The van der Waals surface area contributed by atoms with Gasteiger partial charge in [0.2, 0.25) is 0 Å². The molecule has 1 aromatic carbocycles. The number of hydrogen-bond acceptors (Lipinski definition) is 4. The van der Waals surface area contributed by atoms with Gasteiger partial charge in [-0.15, -0.1) is 10.2 Å². The Labute approximate surface area is 171 Å². The van der Waals surface area contributed by atoms with Crippen molar-refractivity contribution in [1.82, 2.24) is 25.0 Å². The molecular formula is C22H29N5O2. The van der Waals surface area contributed by atoms with E-state index < -0.39 is 0 Å². The van der Waals surface area contributed by atoms with E-state index in [1.54, 1.807) is 0 Å². The molecule has 1 aliphatic carbocycles. The summed E-state index contributed by atoms with van der Waals surface area (Å²) in [6, 6.07) is 10.9. The van der Waals surface area contributed by atoms with Crippen molar-refractivity contribution in [3.63, 3.8) is 0 Å². The van der Waals surface area contributed by atoms with Crippen LogP contribution in [0.15, 0.2) is 36.7 Å². The zero-order valence-electron chi connectivity index (χ0n) is 16.8. The Balaban J connectivity index is 1.29. The van der Waals surface area contributed by atoms with Crippen LogP contribution in [0.25, 0.3) is 0 Å². The molecule has 2 aliphatic heterocycles. The van der Waals surface area contributed by atoms with Crippen molar-refractivity contribution < 1.29 is 9.53 Å². The molecule has 0 bridgehead atoms. The summed E-state index contributed by atoms with van der Waals surface area (Å²) in [6.07, 6.45) is 7.09. The number of ether oxygens (including phenoxy) is 1. The number of amides is 2. The van der Waals surface area contributed by atoms with Crippen molar-refractivity contribution in [3.8, 4) is 0 Å². The molecule has 5 rings (SSSR count). The third kappa shape index (κ3) is 3.75. The van der Waals surface area contributed by atoms with Gasteiger partial charge in [-0.1, -0.05) is 30.3 Å². The van der Waals surface area contributed by atoms with Gasteiger partial charge in [-0.3, -0.25) is 0 Å². The number of carbonyl (C=O) groups excluding carboxylic acids is 1. The third-order valence-electron chi connectivity index (χ3n) is 6.81. The molecule has 2 amide bonds. The number of rotatable bonds is 5. The molecule has 7 heteroatoms. The van der Waals surface area contributed by atoms with Crippen LogP contribution >= 0.6 is 0 Å². The summed E-state index contributed by atoms with van der Waals surface area (Å²) in [5, 5.41) is 11.9. The van der Waals surface area contributed by atoms with Gasteiger partial charge in [0.15, 0.2) is 0 Å². The first kappa shape index (κ1) is 18.6. The molecular weight excluding hydrogens is 366 g/mol. The van der Waals surface area contributed by atoms with Crippen molar-refractivity contribution in [2.24, 2.45) is 5.41 Å². The maximum atomic E-state index is 12.9. The number of urea groups is 1. The summed E-state index contributed by atoms with van der Waals surface area (Å²) in [5.41, 5.74) is 1.29. The molecule has 0 radical (unpaired) electrons. The van der Waals surface area contributed by atoms with E-state index in [9.17, 15) is 4.79 Å². The molecule has 1 spiro atoms. The van der Waals surface area contributed by atoms with Crippen molar-refractivity contribution in [2.45, 2.75) is 44.1 Å². The minimum atomic E-state index is 0.0341. The van der Waals surface area contributed by atoms with Gasteiger partial charge in [-0.2, -0.15) is 0 Å². The largest absolute Gasteiger partial charge is 0.381 e. The van der Waals surface area contributed by atoms with Crippen LogP contribution in [0.5, 0.6) is 0 Å². The smallest absolute Gasteiger partial charge is 0.317 e. The van der Waals surface area contributed by atoms with E-state index >= 15 is 0 Å². The van der Waals surface area contributed by atoms with Gasteiger partial charge in [-0.05, 0) is 37.7 Å². The molecule has 2 aromatic rings. The van der Waals surface area contributed by atoms with Crippen molar-refractivity contribution in [2.75, 3.05) is 32.8 Å². The number of benzene rings is 1. The van der Waals surface area contributed by atoms with Gasteiger partial charge in [0.05, 0.1) is 0 Å². The second-order valence-corrected chi connectivity index (χ2v) is 8.70. The second kappa shape index (κ2) is 7.78. The fraction of sp³-hybridized carbons (Fsp3) is 0.591. The van der Waals surface area contributed by atoms with Crippen molar-refractivity contribution >= 4 is 6.03 Å². The van der Waals surface area contributed by atoms with Gasteiger partial charge < -0.3 is 19.5 Å². The molecule has 3 aliphatic rings. The van der Waals surface area contributed by atoms with E-state index in [-0.39, 0.29) is 17.4 Å². The lowest BCUT2D eigenvalue weighted by Crippen LogP contribution is -2.41. The highest BCUT2D eigenvalue weighted by Crippen LogP contribution is 2.50. The average molecular weight is 396 g/mol. The minimum Gasteiger partial charge on any atom is -0.381 e. The van der Waals surface area contributed by atoms with Crippen LogP contribution < -0.4 is 5.32 Å². The van der Waals surface area contributed by atoms with Crippen LogP contribution in [0.4, 0.5) is 4.79 Å². The van der Waals surface area contributed by atoms with Gasteiger partial charge in [0.25, 0.3) is 0 Å². The monoisotopic (exact) mass is 395 g/mol. The van der Waals surface area contributed by atoms with Crippen molar-refractivity contribution in [1.29, 1.82) is 0 Å². The summed E-state index contributed by atoms with van der Waals surface area (Å²) in [6.45, 7) is 3.66. The second-order valence-electron chi connectivity index (χ2n) is 8.70. The molecule has 1 unspecified atom stereocenters. The Morgan fingerprint density at radius 2 is 2.00 bits per heavy atom. The highest BCUT2D eigenvalue weighted by atomic mass is 16.5. The molecule has 2 saturated heterocycles. The predicted octanol–water partition coefficient (Wildman–Crippen LogP) is 2.76. The molecule has 1 aromatic heterocycles. The molecule has 1 atom stereocenters. The van der Waals surface area contributed by atoms with Gasteiger partial charge >= 0.3 is 6.03 Å². The molecule has 1 saturated carbocycles. The van der Waals surface area contributed by atoms with Gasteiger partial charge in [0, 0.05) is 50.2 Å². The highest BCUT2D eigenvalue weighted by Gasteiger charge is 2.51. The molecule has 29 heavy (non-hydrogen) atoms. The number of likely N-dealkylation sites (tertiary alicyclic amines) is 1. The fourth-order valence-electron chi connectivity index (χ4n) is 4.97. The zero-order valence-corrected chi connectivity index (χ0v) is 16.8. The first-order chi connectivity index (χ1) is 14.3. The lowest BCUT2D eigenvalue weighted by molar-refractivity contribution is 0.0119. The van der Waals surface area contributed by atoms with E-state index in [0.717, 1.165) is 44.8 Å². The Morgan fingerprint density at radius 3 is 2.76 bits per heavy atom. The molecule has 3 heterocycles. The minimum absolute atomic E-state index is 0.0341. The summed E-state index contributed by atoms with van der Waals surface area (Å²) in [7, 11) is 0. The first-order valence-corrected chi connectivity index (χ1v) is 10.8.